The molecule has 1 heterocycles. The fraction of sp³-hybridized carbons (Fsp3) is 0.200. The topological polar surface area (TPSA) is 48.4 Å². The van der Waals surface area contributed by atoms with Crippen LogP contribution in [0.4, 0.5) is 13.2 Å². The lowest BCUT2D eigenvalue weighted by Gasteiger charge is -2.15. The van der Waals surface area contributed by atoms with Gasteiger partial charge in [0.05, 0.1) is 5.02 Å². The van der Waals surface area contributed by atoms with Gasteiger partial charge in [-0.25, -0.2) is 4.98 Å². The molecule has 0 amide bonds. The van der Waals surface area contributed by atoms with Crippen molar-refractivity contribution in [1.29, 1.82) is 0 Å². The van der Waals surface area contributed by atoms with E-state index in [-0.39, 0.29) is 34.3 Å². The van der Waals surface area contributed by atoms with Crippen molar-refractivity contribution >= 4 is 28.3 Å². The summed E-state index contributed by atoms with van der Waals surface area (Å²) >= 11 is 6.00. The average molecular weight is 410 g/mol. The van der Waals surface area contributed by atoms with E-state index >= 15 is 0 Å². The first-order valence-electron chi connectivity index (χ1n) is 8.25. The van der Waals surface area contributed by atoms with E-state index in [2.05, 4.69) is 4.98 Å². The summed E-state index contributed by atoms with van der Waals surface area (Å²) in [6.07, 6.45) is -4.53. The minimum atomic E-state index is -4.53. The van der Waals surface area contributed by atoms with E-state index in [9.17, 15) is 18.0 Å². The molecule has 0 N–H and O–H groups in total. The third-order valence-electron chi connectivity index (χ3n) is 3.81. The summed E-state index contributed by atoms with van der Waals surface area (Å²) < 4.78 is 48.2. The first-order valence-corrected chi connectivity index (χ1v) is 8.63. The van der Waals surface area contributed by atoms with E-state index in [1.54, 1.807) is 12.1 Å². The summed E-state index contributed by atoms with van der Waals surface area (Å²) in [4.78, 5) is 16.2. The van der Waals surface area contributed by atoms with Crippen molar-refractivity contribution in [3.63, 3.8) is 0 Å². The van der Waals surface area contributed by atoms with Gasteiger partial charge < -0.3 is 9.47 Å². The number of fused-ring (bicyclic) bond motifs is 1. The summed E-state index contributed by atoms with van der Waals surface area (Å²) in [7, 11) is 0. The van der Waals surface area contributed by atoms with Gasteiger partial charge in [-0.15, -0.1) is 0 Å². The maximum atomic E-state index is 12.5. The predicted octanol–water partition coefficient (Wildman–Crippen LogP) is 5.61. The van der Waals surface area contributed by atoms with Crippen LogP contribution in [0.15, 0.2) is 48.5 Å². The van der Waals surface area contributed by atoms with E-state index in [1.807, 2.05) is 30.3 Å². The second-order valence-electron chi connectivity index (χ2n) is 6.02. The van der Waals surface area contributed by atoms with Gasteiger partial charge in [-0.2, -0.15) is 13.2 Å². The minimum absolute atomic E-state index is 0.0115. The molecular weight excluding hydrogens is 395 g/mol. The molecule has 2 aromatic carbocycles. The number of Topliss-reactive ketones (excluding diaryl/α,β-unsaturated/α-hetero) is 1. The van der Waals surface area contributed by atoms with Gasteiger partial charge >= 0.3 is 6.18 Å². The molecule has 0 unspecified atom stereocenters. The number of aromatic nitrogens is 1. The highest BCUT2D eigenvalue weighted by molar-refractivity contribution is 6.33. The molecule has 0 radical (unpaired) electrons. The summed E-state index contributed by atoms with van der Waals surface area (Å²) in [5.74, 6) is -0.395. The number of benzene rings is 2. The molecule has 0 aliphatic heterocycles. The molecule has 1 aromatic heterocycles. The number of nitrogens with zero attached hydrogens (tertiary/aromatic N) is 1. The Hall–Kier alpha value is -2.80. The lowest BCUT2D eigenvalue weighted by molar-refractivity contribution is -0.153. The van der Waals surface area contributed by atoms with Crippen LogP contribution in [0.5, 0.6) is 11.5 Å². The van der Waals surface area contributed by atoms with Crippen LogP contribution >= 0.6 is 11.6 Å². The quantitative estimate of drug-likeness (QED) is 0.496. The second-order valence-corrected chi connectivity index (χ2v) is 6.42. The average Bonchev–Trinajstić information content (AvgIpc) is 2.65. The largest absolute Gasteiger partial charge is 0.486 e. The Labute approximate surface area is 163 Å². The van der Waals surface area contributed by atoms with E-state index in [0.29, 0.717) is 5.39 Å². The molecule has 4 nitrogen and oxygen atoms in total. The van der Waals surface area contributed by atoms with Crippen LogP contribution in [0.25, 0.3) is 10.9 Å². The van der Waals surface area contributed by atoms with Crippen LogP contribution in [0.2, 0.25) is 5.02 Å². The Morgan fingerprint density at radius 1 is 1.11 bits per heavy atom. The van der Waals surface area contributed by atoms with Crippen molar-refractivity contribution in [2.45, 2.75) is 19.7 Å². The van der Waals surface area contributed by atoms with E-state index in [4.69, 9.17) is 21.1 Å². The Balaban J connectivity index is 2.00. The number of ketones is 1. The van der Waals surface area contributed by atoms with Gasteiger partial charge in [0.1, 0.15) is 23.6 Å². The summed E-state index contributed by atoms with van der Waals surface area (Å²) in [6, 6.07) is 13.8. The fourth-order valence-corrected chi connectivity index (χ4v) is 2.77. The molecule has 0 aliphatic rings. The highest BCUT2D eigenvalue weighted by atomic mass is 35.5. The van der Waals surface area contributed by atoms with Gasteiger partial charge in [0.25, 0.3) is 0 Å². The number of carbonyl (C=O) groups is 1. The normalized spacial score (nSPS) is 11.5. The number of ether oxygens (including phenoxy) is 2. The number of hydrogen-bond donors (Lipinski definition) is 0. The molecule has 28 heavy (non-hydrogen) atoms. The molecule has 0 spiro atoms. The summed E-state index contributed by atoms with van der Waals surface area (Å²) in [6.45, 7) is -0.0150. The van der Waals surface area contributed by atoms with Crippen molar-refractivity contribution in [1.82, 2.24) is 4.98 Å². The van der Waals surface area contributed by atoms with Crippen molar-refractivity contribution in [3.05, 3.63) is 64.8 Å². The van der Waals surface area contributed by atoms with E-state index in [0.717, 1.165) is 5.56 Å². The molecule has 0 aliphatic carbocycles. The molecule has 8 heteroatoms. The van der Waals surface area contributed by atoms with Crippen LogP contribution in [-0.2, 0) is 6.61 Å². The molecule has 3 rings (SSSR count). The standard InChI is InChI=1S/C20H15ClF3NO3/c1-12(26)17-16(27-10-13-5-3-2-4-6-13)9-14-7-8-15(21)19(18(14)25-17)28-11-20(22,23)24/h2-9H,10-11H2,1H3. The Kier molecular flexibility index (Phi) is 5.74. The van der Waals surface area contributed by atoms with Crippen molar-refractivity contribution in [2.75, 3.05) is 6.61 Å². The van der Waals surface area contributed by atoms with E-state index in [1.165, 1.54) is 13.0 Å². The lowest BCUT2D eigenvalue weighted by Crippen LogP contribution is -2.19. The Bertz CT molecular complexity index is 1010. The third kappa shape index (κ3) is 4.72. The van der Waals surface area contributed by atoms with Crippen LogP contribution in [0.1, 0.15) is 23.0 Å². The number of hydrogen-bond acceptors (Lipinski definition) is 4. The highest BCUT2D eigenvalue weighted by Crippen LogP contribution is 2.36. The van der Waals surface area contributed by atoms with Crippen molar-refractivity contribution < 1.29 is 27.4 Å². The van der Waals surface area contributed by atoms with Crippen LogP contribution in [-0.4, -0.2) is 23.6 Å². The fourth-order valence-electron chi connectivity index (χ4n) is 2.56. The van der Waals surface area contributed by atoms with Gasteiger partial charge in [-0.05, 0) is 17.7 Å². The van der Waals surface area contributed by atoms with Gasteiger partial charge in [0.15, 0.2) is 18.1 Å². The van der Waals surface area contributed by atoms with Gasteiger partial charge in [-0.3, -0.25) is 4.79 Å². The zero-order valence-corrected chi connectivity index (χ0v) is 15.5. The number of pyridine rings is 1. The first-order chi connectivity index (χ1) is 13.2. The summed E-state index contributed by atoms with van der Waals surface area (Å²) in [5, 5.41) is 0.409. The number of carbonyl (C=O) groups excluding carboxylic acids is 1. The molecule has 0 saturated carbocycles. The molecule has 3 aromatic rings. The SMILES string of the molecule is CC(=O)c1nc2c(OCC(F)(F)F)c(Cl)ccc2cc1OCc1ccccc1. The monoisotopic (exact) mass is 409 g/mol. The van der Waals surface area contributed by atoms with Crippen molar-refractivity contribution in [3.8, 4) is 11.5 Å². The summed E-state index contributed by atoms with van der Waals surface area (Å²) in [5.41, 5.74) is 0.943. The molecular formula is C20H15ClF3NO3. The molecule has 0 fully saturated rings. The zero-order chi connectivity index (χ0) is 20.3. The molecule has 146 valence electrons. The number of alkyl halides is 3. The molecule has 0 bridgehead atoms. The van der Waals surface area contributed by atoms with Crippen LogP contribution < -0.4 is 9.47 Å². The number of halogens is 4. The third-order valence-corrected chi connectivity index (χ3v) is 4.11. The Morgan fingerprint density at radius 3 is 2.46 bits per heavy atom. The maximum Gasteiger partial charge on any atom is 0.422 e. The first kappa shape index (κ1) is 19.9. The minimum Gasteiger partial charge on any atom is -0.486 e. The molecule has 0 atom stereocenters. The lowest BCUT2D eigenvalue weighted by atomic mass is 10.1. The van der Waals surface area contributed by atoms with Gasteiger partial charge in [0, 0.05) is 12.3 Å². The van der Waals surface area contributed by atoms with E-state index < -0.39 is 18.6 Å². The van der Waals surface area contributed by atoms with Gasteiger partial charge in [-0.1, -0.05) is 48.0 Å². The van der Waals surface area contributed by atoms with Crippen molar-refractivity contribution in [2.24, 2.45) is 0 Å². The number of rotatable bonds is 6. The second kappa shape index (κ2) is 8.06. The smallest absolute Gasteiger partial charge is 0.422 e. The predicted molar refractivity (Wildman–Crippen MR) is 99.1 cm³/mol. The van der Waals surface area contributed by atoms with Crippen LogP contribution in [0, 0.1) is 0 Å². The van der Waals surface area contributed by atoms with Crippen LogP contribution in [0.3, 0.4) is 0 Å². The van der Waals surface area contributed by atoms with Gasteiger partial charge in [0.2, 0.25) is 0 Å². The zero-order valence-electron chi connectivity index (χ0n) is 14.7. The Morgan fingerprint density at radius 2 is 1.82 bits per heavy atom. The highest BCUT2D eigenvalue weighted by Gasteiger charge is 2.29. The molecule has 0 saturated heterocycles. The maximum absolute atomic E-state index is 12.5.